The lowest BCUT2D eigenvalue weighted by molar-refractivity contribution is -0.390. The highest BCUT2D eigenvalue weighted by molar-refractivity contribution is 4.77. The molecule has 2 heterocycles. The first-order valence-corrected chi connectivity index (χ1v) is 4.61. The summed E-state index contributed by atoms with van der Waals surface area (Å²) in [6, 6.07) is 0. The molecule has 0 aromatic rings. The molecule has 0 saturated carbocycles. The van der Waals surface area contributed by atoms with Crippen molar-refractivity contribution < 1.29 is 29.2 Å². The van der Waals surface area contributed by atoms with Gasteiger partial charge in [-0.25, -0.2) is 0 Å². The van der Waals surface area contributed by atoms with E-state index in [1.807, 2.05) is 0 Å². The van der Waals surface area contributed by atoms with Gasteiger partial charge in [0.25, 0.3) is 0 Å². The maximum Gasteiger partial charge on any atom is 0.209 e. The summed E-state index contributed by atoms with van der Waals surface area (Å²) in [7, 11) is 0. The minimum atomic E-state index is -0.594. The molecule has 82 valence electrons. The molecule has 0 bridgehead atoms. The maximum absolute atomic E-state index is 8.97. The van der Waals surface area contributed by atoms with Crippen molar-refractivity contribution in [1.82, 2.24) is 0 Å². The minimum Gasteiger partial charge on any atom is -0.394 e. The van der Waals surface area contributed by atoms with Crippen LogP contribution >= 0.6 is 0 Å². The summed E-state index contributed by atoms with van der Waals surface area (Å²) in [6.45, 7) is 0.481. The summed E-state index contributed by atoms with van der Waals surface area (Å²) in [5.41, 5.74) is 0. The van der Waals surface area contributed by atoms with Crippen molar-refractivity contribution in [1.29, 1.82) is 0 Å². The van der Waals surface area contributed by atoms with Crippen LogP contribution in [0.1, 0.15) is 0 Å². The summed E-state index contributed by atoms with van der Waals surface area (Å²) in [5, 5.41) is 17.9. The van der Waals surface area contributed by atoms with Crippen LogP contribution in [0.4, 0.5) is 0 Å². The van der Waals surface area contributed by atoms with E-state index in [0.29, 0.717) is 13.2 Å². The Morgan fingerprint density at radius 2 is 1.29 bits per heavy atom. The zero-order chi connectivity index (χ0) is 9.97. The summed E-state index contributed by atoms with van der Waals surface area (Å²) < 4.78 is 21.2. The molecule has 2 saturated heterocycles. The Bertz CT molecular complexity index is 163. The van der Waals surface area contributed by atoms with Crippen molar-refractivity contribution in [3.8, 4) is 0 Å². The van der Waals surface area contributed by atoms with Crippen LogP contribution in [0, 0.1) is 0 Å². The third-order valence-electron chi connectivity index (χ3n) is 2.26. The number of aliphatic hydroxyl groups excluding tert-OH is 2. The molecule has 14 heavy (non-hydrogen) atoms. The molecule has 6 heteroatoms. The van der Waals surface area contributed by atoms with E-state index in [2.05, 4.69) is 0 Å². The number of hydrogen-bond acceptors (Lipinski definition) is 6. The monoisotopic (exact) mass is 206 g/mol. The van der Waals surface area contributed by atoms with Crippen molar-refractivity contribution in [3.63, 3.8) is 0 Å². The highest BCUT2D eigenvalue weighted by Gasteiger charge is 2.41. The van der Waals surface area contributed by atoms with Gasteiger partial charge in [-0.3, -0.25) is 0 Å². The molecule has 0 aliphatic carbocycles. The summed E-state index contributed by atoms with van der Waals surface area (Å²) in [5.74, 6) is 0. The molecule has 2 aliphatic rings. The number of hydrogen-bond donors (Lipinski definition) is 2. The van der Waals surface area contributed by atoms with E-state index in [4.69, 9.17) is 29.2 Å². The zero-order valence-corrected chi connectivity index (χ0v) is 7.67. The fourth-order valence-electron chi connectivity index (χ4n) is 1.53. The predicted molar refractivity (Wildman–Crippen MR) is 43.4 cm³/mol. The molecule has 0 spiro atoms. The highest BCUT2D eigenvalue weighted by atomic mass is 16.8. The molecular formula is C8H14O6. The molecule has 2 N–H and O–H groups in total. The second-order valence-corrected chi connectivity index (χ2v) is 3.19. The first-order valence-electron chi connectivity index (χ1n) is 4.61. The van der Waals surface area contributed by atoms with E-state index in [9.17, 15) is 0 Å². The van der Waals surface area contributed by atoms with Crippen LogP contribution in [0.2, 0.25) is 0 Å². The van der Waals surface area contributed by atoms with E-state index in [1.165, 1.54) is 0 Å². The molecule has 2 fully saturated rings. The van der Waals surface area contributed by atoms with E-state index in [1.54, 1.807) is 0 Å². The lowest BCUT2D eigenvalue weighted by Gasteiger charge is -2.41. The molecule has 6 nitrogen and oxygen atoms in total. The van der Waals surface area contributed by atoms with Crippen molar-refractivity contribution in [3.05, 3.63) is 0 Å². The van der Waals surface area contributed by atoms with Crippen LogP contribution < -0.4 is 0 Å². The van der Waals surface area contributed by atoms with Gasteiger partial charge >= 0.3 is 0 Å². The van der Waals surface area contributed by atoms with E-state index < -0.39 is 24.8 Å². The Kier molecular flexibility index (Phi) is 3.32. The van der Waals surface area contributed by atoms with Gasteiger partial charge in [-0.05, 0) is 0 Å². The lowest BCUT2D eigenvalue weighted by atomic mass is 10.2. The zero-order valence-electron chi connectivity index (χ0n) is 7.67. The molecule has 2 rings (SSSR count). The SMILES string of the molecule is OCC1OC2OCCOC2OC1CO. The van der Waals surface area contributed by atoms with Crippen LogP contribution in [0.3, 0.4) is 0 Å². The first kappa shape index (κ1) is 10.3. The smallest absolute Gasteiger partial charge is 0.209 e. The number of ether oxygens (including phenoxy) is 4. The summed E-state index contributed by atoms with van der Waals surface area (Å²) in [4.78, 5) is 0. The molecular weight excluding hydrogens is 192 g/mol. The standard InChI is InChI=1S/C8H14O6/c9-3-5-6(4-10)14-8-7(13-5)11-1-2-12-8/h5-10H,1-4H2. The van der Waals surface area contributed by atoms with Crippen LogP contribution in [-0.4, -0.2) is 61.4 Å². The van der Waals surface area contributed by atoms with Gasteiger partial charge in [-0.1, -0.05) is 0 Å². The van der Waals surface area contributed by atoms with Crippen molar-refractivity contribution in [2.45, 2.75) is 24.8 Å². The molecule has 4 unspecified atom stereocenters. The number of fused-ring (bicyclic) bond motifs is 1. The Hall–Kier alpha value is -0.240. The van der Waals surface area contributed by atoms with E-state index in [0.717, 1.165) is 0 Å². The predicted octanol–water partition coefficient (Wildman–Crippen LogP) is -1.55. The third-order valence-corrected chi connectivity index (χ3v) is 2.26. The fraction of sp³-hybridized carbons (Fsp3) is 1.00. The second-order valence-electron chi connectivity index (χ2n) is 3.19. The normalized spacial score (nSPS) is 43.3. The van der Waals surface area contributed by atoms with Crippen LogP contribution in [-0.2, 0) is 18.9 Å². The van der Waals surface area contributed by atoms with E-state index >= 15 is 0 Å². The average molecular weight is 206 g/mol. The first-order chi connectivity index (χ1) is 6.85. The van der Waals surface area contributed by atoms with E-state index in [-0.39, 0.29) is 13.2 Å². The Morgan fingerprint density at radius 1 is 0.857 bits per heavy atom. The second kappa shape index (κ2) is 4.52. The lowest BCUT2D eigenvalue weighted by Crippen LogP contribution is -2.56. The van der Waals surface area contributed by atoms with Gasteiger partial charge in [0.05, 0.1) is 26.4 Å². The summed E-state index contributed by atoms with van der Waals surface area (Å²) in [6.07, 6.45) is -2.29. The average Bonchev–Trinajstić information content (AvgIpc) is 2.27. The van der Waals surface area contributed by atoms with Crippen LogP contribution in [0.15, 0.2) is 0 Å². The molecule has 0 aromatic heterocycles. The molecule has 4 atom stereocenters. The Morgan fingerprint density at radius 3 is 1.64 bits per heavy atom. The van der Waals surface area contributed by atoms with Crippen LogP contribution in [0.5, 0.6) is 0 Å². The largest absolute Gasteiger partial charge is 0.394 e. The maximum atomic E-state index is 8.97. The van der Waals surface area contributed by atoms with Crippen molar-refractivity contribution in [2.75, 3.05) is 26.4 Å². The Labute approximate surface area is 81.3 Å². The molecule has 2 aliphatic heterocycles. The fourth-order valence-corrected chi connectivity index (χ4v) is 1.53. The van der Waals surface area contributed by atoms with Gasteiger partial charge in [-0.2, -0.15) is 0 Å². The van der Waals surface area contributed by atoms with Gasteiger partial charge in [0.2, 0.25) is 12.6 Å². The van der Waals surface area contributed by atoms with Crippen LogP contribution in [0.25, 0.3) is 0 Å². The summed E-state index contributed by atoms with van der Waals surface area (Å²) >= 11 is 0. The molecule has 0 aromatic carbocycles. The topological polar surface area (TPSA) is 77.4 Å². The number of rotatable bonds is 2. The van der Waals surface area contributed by atoms with Gasteiger partial charge in [0.15, 0.2) is 0 Å². The highest BCUT2D eigenvalue weighted by Crippen LogP contribution is 2.24. The van der Waals surface area contributed by atoms with Gasteiger partial charge in [-0.15, -0.1) is 0 Å². The van der Waals surface area contributed by atoms with Gasteiger partial charge in [0, 0.05) is 0 Å². The minimum absolute atomic E-state index is 0.211. The molecule has 0 radical (unpaired) electrons. The number of aliphatic hydroxyl groups is 2. The van der Waals surface area contributed by atoms with Crippen molar-refractivity contribution >= 4 is 0 Å². The third kappa shape index (κ3) is 1.90. The van der Waals surface area contributed by atoms with Gasteiger partial charge in [0.1, 0.15) is 12.2 Å². The van der Waals surface area contributed by atoms with Gasteiger partial charge < -0.3 is 29.2 Å². The Balaban J connectivity index is 1.98. The van der Waals surface area contributed by atoms with Crippen molar-refractivity contribution in [2.24, 2.45) is 0 Å². The molecule has 0 amide bonds. The quantitative estimate of drug-likeness (QED) is 0.570.